The number of H-pyrrole nitrogens is 1. The molecule has 4 nitrogen and oxygen atoms in total. The number of anilines is 1. The maximum Gasteiger partial charge on any atom is 0.258 e. The Morgan fingerprint density at radius 1 is 1.20 bits per heavy atom. The quantitative estimate of drug-likeness (QED) is 0.773. The summed E-state index contributed by atoms with van der Waals surface area (Å²) in [4.78, 5) is 21.4. The van der Waals surface area contributed by atoms with Crippen LogP contribution in [-0.2, 0) is 0 Å². The molecule has 1 amide bonds. The van der Waals surface area contributed by atoms with Crippen molar-refractivity contribution in [2.45, 2.75) is 6.92 Å². The van der Waals surface area contributed by atoms with Gasteiger partial charge < -0.3 is 9.88 Å². The van der Waals surface area contributed by atoms with Crippen molar-refractivity contribution >= 4 is 22.6 Å². The first-order chi connectivity index (χ1) is 9.66. The fourth-order valence-electron chi connectivity index (χ4n) is 2.31. The lowest BCUT2D eigenvalue weighted by Gasteiger charge is -2.19. The number of imidazole rings is 1. The summed E-state index contributed by atoms with van der Waals surface area (Å²) in [5.41, 5.74) is 4.37. The van der Waals surface area contributed by atoms with Gasteiger partial charge in [0.05, 0.1) is 17.4 Å². The molecular weight excluding hydrogens is 250 g/mol. The zero-order valence-electron chi connectivity index (χ0n) is 11.4. The van der Waals surface area contributed by atoms with Gasteiger partial charge in [-0.15, -0.1) is 0 Å². The first-order valence-electron chi connectivity index (χ1n) is 6.43. The lowest BCUT2D eigenvalue weighted by molar-refractivity contribution is 0.0993. The summed E-state index contributed by atoms with van der Waals surface area (Å²) in [7, 11) is 1.79. The van der Waals surface area contributed by atoms with Crippen LogP contribution in [0.2, 0.25) is 0 Å². The number of hydrogen-bond acceptors (Lipinski definition) is 2. The van der Waals surface area contributed by atoms with Crippen LogP contribution in [0.5, 0.6) is 0 Å². The van der Waals surface area contributed by atoms with Crippen molar-refractivity contribution in [2.24, 2.45) is 0 Å². The normalized spacial score (nSPS) is 10.7. The first kappa shape index (κ1) is 12.4. The second kappa shape index (κ2) is 4.81. The van der Waals surface area contributed by atoms with E-state index in [9.17, 15) is 4.79 Å². The fourth-order valence-corrected chi connectivity index (χ4v) is 2.31. The minimum absolute atomic E-state index is 0.0317. The third kappa shape index (κ3) is 2.05. The number of para-hydroxylation sites is 1. The summed E-state index contributed by atoms with van der Waals surface area (Å²) in [6.45, 7) is 2.00. The van der Waals surface area contributed by atoms with Gasteiger partial charge in [0.15, 0.2) is 0 Å². The van der Waals surface area contributed by atoms with E-state index < -0.39 is 0 Å². The Morgan fingerprint density at radius 3 is 2.80 bits per heavy atom. The standard InChI is InChI=1S/C16H15N3O/c1-11-5-3-4-6-15(11)19(2)16(20)12-7-8-13-14(9-12)18-10-17-13/h3-10H,1-2H3,(H,17,18). The van der Waals surface area contributed by atoms with Crippen LogP contribution in [0.15, 0.2) is 48.8 Å². The van der Waals surface area contributed by atoms with Gasteiger partial charge in [-0.05, 0) is 36.8 Å². The largest absolute Gasteiger partial charge is 0.345 e. The fraction of sp³-hybridized carbons (Fsp3) is 0.125. The second-order valence-electron chi connectivity index (χ2n) is 4.79. The number of carbonyl (C=O) groups excluding carboxylic acids is 1. The Hall–Kier alpha value is -2.62. The number of carbonyl (C=O) groups is 1. The predicted octanol–water partition coefficient (Wildman–Crippen LogP) is 3.15. The summed E-state index contributed by atoms with van der Waals surface area (Å²) < 4.78 is 0. The molecule has 0 bridgehead atoms. The molecule has 0 unspecified atom stereocenters. The van der Waals surface area contributed by atoms with Crippen molar-refractivity contribution in [1.82, 2.24) is 9.97 Å². The highest BCUT2D eigenvalue weighted by Crippen LogP contribution is 2.21. The number of hydrogen-bond donors (Lipinski definition) is 1. The zero-order chi connectivity index (χ0) is 14.1. The van der Waals surface area contributed by atoms with E-state index in [2.05, 4.69) is 9.97 Å². The van der Waals surface area contributed by atoms with Gasteiger partial charge in [-0.3, -0.25) is 4.79 Å². The van der Waals surface area contributed by atoms with E-state index in [0.717, 1.165) is 22.3 Å². The molecule has 100 valence electrons. The molecule has 0 saturated heterocycles. The molecule has 4 heteroatoms. The van der Waals surface area contributed by atoms with E-state index in [0.29, 0.717) is 5.56 Å². The maximum atomic E-state index is 12.6. The van der Waals surface area contributed by atoms with Gasteiger partial charge in [-0.2, -0.15) is 0 Å². The average molecular weight is 265 g/mol. The van der Waals surface area contributed by atoms with Gasteiger partial charge in [0.25, 0.3) is 5.91 Å². The van der Waals surface area contributed by atoms with Crippen molar-refractivity contribution in [2.75, 3.05) is 11.9 Å². The van der Waals surface area contributed by atoms with E-state index in [1.807, 2.05) is 43.3 Å². The van der Waals surface area contributed by atoms with E-state index in [1.165, 1.54) is 0 Å². The lowest BCUT2D eigenvalue weighted by atomic mass is 10.1. The molecule has 0 aliphatic heterocycles. The molecule has 0 saturated carbocycles. The second-order valence-corrected chi connectivity index (χ2v) is 4.79. The van der Waals surface area contributed by atoms with E-state index in [-0.39, 0.29) is 5.91 Å². The minimum atomic E-state index is -0.0317. The van der Waals surface area contributed by atoms with Gasteiger partial charge in [-0.25, -0.2) is 4.98 Å². The molecule has 20 heavy (non-hydrogen) atoms. The van der Waals surface area contributed by atoms with Crippen molar-refractivity contribution in [3.8, 4) is 0 Å². The maximum absolute atomic E-state index is 12.6. The highest BCUT2D eigenvalue weighted by Gasteiger charge is 2.15. The van der Waals surface area contributed by atoms with Crippen LogP contribution in [0.3, 0.4) is 0 Å². The van der Waals surface area contributed by atoms with Crippen LogP contribution in [-0.4, -0.2) is 22.9 Å². The summed E-state index contributed by atoms with van der Waals surface area (Å²) in [6.07, 6.45) is 1.63. The van der Waals surface area contributed by atoms with Gasteiger partial charge in [0, 0.05) is 18.3 Å². The highest BCUT2D eigenvalue weighted by molar-refractivity contribution is 6.07. The third-order valence-electron chi connectivity index (χ3n) is 3.45. The Labute approximate surface area is 117 Å². The highest BCUT2D eigenvalue weighted by atomic mass is 16.2. The molecule has 0 spiro atoms. The number of aromatic amines is 1. The monoisotopic (exact) mass is 265 g/mol. The number of nitrogens with zero attached hydrogens (tertiary/aromatic N) is 2. The zero-order valence-corrected chi connectivity index (χ0v) is 11.4. The Morgan fingerprint density at radius 2 is 2.00 bits per heavy atom. The number of amides is 1. The molecule has 1 aromatic heterocycles. The smallest absolute Gasteiger partial charge is 0.258 e. The number of fused-ring (bicyclic) bond motifs is 1. The Kier molecular flexibility index (Phi) is 2.99. The Bertz CT molecular complexity index is 776. The molecule has 2 aromatic carbocycles. The molecule has 3 aromatic rings. The molecule has 3 rings (SSSR count). The van der Waals surface area contributed by atoms with Crippen LogP contribution >= 0.6 is 0 Å². The van der Waals surface area contributed by atoms with Gasteiger partial charge >= 0.3 is 0 Å². The average Bonchev–Trinajstić information content (AvgIpc) is 2.93. The summed E-state index contributed by atoms with van der Waals surface area (Å²) in [5, 5.41) is 0. The molecule has 0 aliphatic carbocycles. The van der Waals surface area contributed by atoms with E-state index in [1.54, 1.807) is 24.3 Å². The molecular formula is C16H15N3O. The van der Waals surface area contributed by atoms with Gasteiger partial charge in [-0.1, -0.05) is 18.2 Å². The van der Waals surface area contributed by atoms with E-state index >= 15 is 0 Å². The van der Waals surface area contributed by atoms with Crippen molar-refractivity contribution in [1.29, 1.82) is 0 Å². The predicted molar refractivity (Wildman–Crippen MR) is 80.0 cm³/mol. The minimum Gasteiger partial charge on any atom is -0.345 e. The number of nitrogens with one attached hydrogen (secondary N) is 1. The van der Waals surface area contributed by atoms with Crippen molar-refractivity contribution in [3.63, 3.8) is 0 Å². The van der Waals surface area contributed by atoms with Crippen molar-refractivity contribution in [3.05, 3.63) is 59.9 Å². The summed E-state index contributed by atoms with van der Waals surface area (Å²) >= 11 is 0. The first-order valence-corrected chi connectivity index (χ1v) is 6.43. The SMILES string of the molecule is Cc1ccccc1N(C)C(=O)c1ccc2nc[nH]c2c1. The van der Waals surface area contributed by atoms with E-state index in [4.69, 9.17) is 0 Å². The van der Waals surface area contributed by atoms with Crippen LogP contribution in [0, 0.1) is 6.92 Å². The van der Waals surface area contributed by atoms with Crippen LogP contribution in [0.1, 0.15) is 15.9 Å². The number of benzene rings is 2. The molecule has 0 atom stereocenters. The van der Waals surface area contributed by atoms with Gasteiger partial charge in [0.1, 0.15) is 0 Å². The van der Waals surface area contributed by atoms with Crippen molar-refractivity contribution < 1.29 is 4.79 Å². The van der Waals surface area contributed by atoms with Crippen LogP contribution in [0.4, 0.5) is 5.69 Å². The Balaban J connectivity index is 1.97. The molecule has 0 radical (unpaired) electrons. The molecule has 1 heterocycles. The third-order valence-corrected chi connectivity index (χ3v) is 3.45. The topological polar surface area (TPSA) is 49.0 Å². The molecule has 0 fully saturated rings. The number of rotatable bonds is 2. The van der Waals surface area contributed by atoms with Gasteiger partial charge in [0.2, 0.25) is 0 Å². The number of aromatic nitrogens is 2. The molecule has 0 aliphatic rings. The molecule has 1 N–H and O–H groups in total. The summed E-state index contributed by atoms with van der Waals surface area (Å²) in [5.74, 6) is -0.0317. The van der Waals surface area contributed by atoms with Crippen LogP contribution in [0.25, 0.3) is 11.0 Å². The van der Waals surface area contributed by atoms with Crippen LogP contribution < -0.4 is 4.90 Å². The summed E-state index contributed by atoms with van der Waals surface area (Å²) in [6, 6.07) is 13.3. The lowest BCUT2D eigenvalue weighted by Crippen LogP contribution is -2.26. The number of aryl methyl sites for hydroxylation is 1.